The number of likely N-dealkylation sites (tertiary alicyclic amines) is 1. The van der Waals surface area contributed by atoms with Crippen molar-refractivity contribution in [3.63, 3.8) is 0 Å². The summed E-state index contributed by atoms with van der Waals surface area (Å²) in [6.07, 6.45) is 4.91. The van der Waals surface area contributed by atoms with Gasteiger partial charge in [0, 0.05) is 50.3 Å². The van der Waals surface area contributed by atoms with Crippen LogP contribution in [0.3, 0.4) is 0 Å². The van der Waals surface area contributed by atoms with Gasteiger partial charge in [-0.2, -0.15) is 5.10 Å². The normalized spacial score (nSPS) is 15.0. The number of fused-ring (bicyclic) bond motifs is 2. The molecule has 0 saturated carbocycles. The molecule has 3 heterocycles. The van der Waals surface area contributed by atoms with E-state index in [1.165, 1.54) is 5.56 Å². The molecule has 2 aliphatic heterocycles. The number of nitrogens with zero attached hydrogens (tertiary/aromatic N) is 4. The van der Waals surface area contributed by atoms with Gasteiger partial charge in [-0.25, -0.2) is 0 Å². The van der Waals surface area contributed by atoms with Crippen LogP contribution in [-0.2, 0) is 31.4 Å². The van der Waals surface area contributed by atoms with Crippen molar-refractivity contribution in [2.24, 2.45) is 7.05 Å². The van der Waals surface area contributed by atoms with E-state index in [9.17, 15) is 9.59 Å². The number of piperidine rings is 1. The molecule has 0 atom stereocenters. The number of rotatable bonds is 7. The highest BCUT2D eigenvalue weighted by molar-refractivity contribution is 6.08. The number of carbonyl (C=O) groups is 2. The van der Waals surface area contributed by atoms with Crippen molar-refractivity contribution in [3.05, 3.63) is 107 Å². The van der Waals surface area contributed by atoms with Crippen LogP contribution < -0.4 is 15.5 Å². The average molecular weight is 563 g/mol. The molecule has 0 unspecified atom stereocenters. The molecular weight excluding hydrogens is 524 g/mol. The molecule has 0 spiro atoms. The second-order valence-corrected chi connectivity index (χ2v) is 11.3. The quantitative estimate of drug-likeness (QED) is 0.318. The monoisotopic (exact) mass is 562 g/mol. The Morgan fingerprint density at radius 1 is 1.00 bits per heavy atom. The number of nitrogens with one attached hydrogen (secondary N) is 2. The molecule has 0 bridgehead atoms. The van der Waals surface area contributed by atoms with Crippen LogP contribution in [-0.4, -0.2) is 45.6 Å². The van der Waals surface area contributed by atoms with E-state index in [-0.39, 0.29) is 11.8 Å². The van der Waals surface area contributed by atoms with Crippen LogP contribution in [0.5, 0.6) is 0 Å². The molecule has 2 amide bonds. The summed E-state index contributed by atoms with van der Waals surface area (Å²) in [6.45, 7) is 4.91. The summed E-state index contributed by atoms with van der Waals surface area (Å²) in [5.41, 5.74) is 6.73. The number of amides is 2. The van der Waals surface area contributed by atoms with Crippen molar-refractivity contribution < 1.29 is 9.59 Å². The Bertz CT molecular complexity index is 1570. The molecule has 1 aromatic heterocycles. The van der Waals surface area contributed by atoms with Crippen molar-refractivity contribution in [2.75, 3.05) is 23.3 Å². The molecule has 0 radical (unpaired) electrons. The van der Waals surface area contributed by atoms with Crippen LogP contribution in [0.1, 0.15) is 51.9 Å². The van der Waals surface area contributed by atoms with Gasteiger partial charge in [-0.3, -0.25) is 14.3 Å². The van der Waals surface area contributed by atoms with Gasteiger partial charge in [0.05, 0.1) is 24.1 Å². The summed E-state index contributed by atoms with van der Waals surface area (Å²) < 4.78 is 1.80. The number of carbonyl (C=O) groups excluding carboxylic acids is 2. The summed E-state index contributed by atoms with van der Waals surface area (Å²) in [5.74, 6) is 1.04. The lowest BCUT2D eigenvalue weighted by Crippen LogP contribution is -2.44. The van der Waals surface area contributed by atoms with Gasteiger partial charge in [0.1, 0.15) is 5.82 Å². The third-order valence-corrected chi connectivity index (χ3v) is 8.52. The highest BCUT2D eigenvalue weighted by Gasteiger charge is 2.27. The summed E-state index contributed by atoms with van der Waals surface area (Å²) in [4.78, 5) is 30.7. The third kappa shape index (κ3) is 5.94. The number of aryl methyl sites for hydroxylation is 3. The number of aromatic nitrogens is 2. The number of benzene rings is 3. The van der Waals surface area contributed by atoms with Crippen LogP contribution in [0.4, 0.5) is 17.2 Å². The van der Waals surface area contributed by atoms with Gasteiger partial charge in [0.25, 0.3) is 5.91 Å². The first-order valence-electron chi connectivity index (χ1n) is 14.8. The van der Waals surface area contributed by atoms with Crippen LogP contribution in [0.2, 0.25) is 0 Å². The van der Waals surface area contributed by atoms with Gasteiger partial charge >= 0.3 is 0 Å². The largest absolute Gasteiger partial charge is 0.343 e. The van der Waals surface area contributed by atoms with E-state index in [4.69, 9.17) is 0 Å². The maximum atomic E-state index is 13.8. The van der Waals surface area contributed by atoms with Crippen molar-refractivity contribution in [3.8, 4) is 0 Å². The fraction of sp³-hybridized carbons (Fsp3) is 0.324. The molecule has 6 rings (SSSR count). The molecule has 3 aromatic carbocycles. The van der Waals surface area contributed by atoms with Crippen molar-refractivity contribution in [1.82, 2.24) is 20.0 Å². The fourth-order valence-electron chi connectivity index (χ4n) is 5.99. The summed E-state index contributed by atoms with van der Waals surface area (Å²) >= 11 is 0. The second-order valence-electron chi connectivity index (χ2n) is 11.3. The Labute approximate surface area is 247 Å². The van der Waals surface area contributed by atoms with Crippen molar-refractivity contribution >= 4 is 29.0 Å². The molecule has 1 fully saturated rings. The molecule has 8 nitrogen and oxygen atoms in total. The highest BCUT2D eigenvalue weighted by atomic mass is 16.2. The molecule has 8 heteroatoms. The Hall–Kier alpha value is -4.43. The average Bonchev–Trinajstić information content (AvgIpc) is 3.27. The Morgan fingerprint density at radius 2 is 1.76 bits per heavy atom. The minimum atomic E-state index is -0.0598. The molecule has 2 aliphatic rings. The molecule has 0 aliphatic carbocycles. The zero-order chi connectivity index (χ0) is 29.1. The summed E-state index contributed by atoms with van der Waals surface area (Å²) in [5, 5.41) is 11.5. The van der Waals surface area contributed by atoms with Crippen molar-refractivity contribution in [2.45, 2.75) is 51.7 Å². The lowest BCUT2D eigenvalue weighted by molar-refractivity contribution is -0.132. The first-order chi connectivity index (χ1) is 20.5. The van der Waals surface area contributed by atoms with Crippen LogP contribution in [0.25, 0.3) is 0 Å². The lowest BCUT2D eigenvalue weighted by atomic mass is 9.99. The Balaban J connectivity index is 1.05. The smallest absolute Gasteiger partial charge is 0.258 e. The van der Waals surface area contributed by atoms with Gasteiger partial charge in [0.15, 0.2) is 0 Å². The second kappa shape index (κ2) is 12.2. The Kier molecular flexibility index (Phi) is 8.06. The van der Waals surface area contributed by atoms with E-state index >= 15 is 0 Å². The summed E-state index contributed by atoms with van der Waals surface area (Å²) in [7, 11) is 1.89. The van der Waals surface area contributed by atoms with Gasteiger partial charge in [-0.15, -0.1) is 0 Å². The molecular formula is C34H38N6O2. The van der Waals surface area contributed by atoms with Gasteiger partial charge in [-0.1, -0.05) is 48.5 Å². The van der Waals surface area contributed by atoms with Crippen LogP contribution in [0.15, 0.2) is 79.0 Å². The lowest BCUT2D eigenvalue weighted by Gasteiger charge is -2.32. The van der Waals surface area contributed by atoms with E-state index in [0.29, 0.717) is 31.0 Å². The number of hydrogen-bond acceptors (Lipinski definition) is 5. The minimum Gasteiger partial charge on any atom is -0.343 e. The predicted octanol–water partition coefficient (Wildman–Crippen LogP) is 5.35. The number of anilines is 3. The topological polar surface area (TPSA) is 82.5 Å². The zero-order valence-electron chi connectivity index (χ0n) is 24.3. The highest BCUT2D eigenvalue weighted by Crippen LogP contribution is 2.36. The van der Waals surface area contributed by atoms with Gasteiger partial charge < -0.3 is 20.4 Å². The molecule has 4 aromatic rings. The van der Waals surface area contributed by atoms with Gasteiger partial charge in [-0.05, 0) is 67.1 Å². The minimum absolute atomic E-state index is 0.0598. The maximum absolute atomic E-state index is 13.8. The van der Waals surface area contributed by atoms with Gasteiger partial charge in [0.2, 0.25) is 5.91 Å². The summed E-state index contributed by atoms with van der Waals surface area (Å²) in [6, 6.07) is 24.6. The molecule has 216 valence electrons. The standard InChI is InChI=1S/C34H38N6O2/c1-24-20-27(34(42)40-23-28-22-36-38(2)33(28)37-30-10-6-7-11-31(30)40)13-12-26(24)14-15-32(41)39-18-16-29(17-19-39)35-21-25-8-4-3-5-9-25/h3-13,20,22,29,35,37H,14-19,21,23H2,1-2H3. The van der Waals surface area contributed by atoms with Crippen LogP contribution >= 0.6 is 0 Å². The molecule has 1 saturated heterocycles. The Morgan fingerprint density at radius 3 is 2.55 bits per heavy atom. The SMILES string of the molecule is Cc1cc(C(=O)N2Cc3cnn(C)c3Nc3ccccc32)ccc1CCC(=O)N1CCC(NCc2ccccc2)CC1. The maximum Gasteiger partial charge on any atom is 0.258 e. The van der Waals surface area contributed by atoms with E-state index in [1.807, 2.05) is 78.5 Å². The fourth-order valence-corrected chi connectivity index (χ4v) is 5.99. The zero-order valence-corrected chi connectivity index (χ0v) is 24.3. The van der Waals surface area contributed by atoms with Crippen LogP contribution in [0, 0.1) is 6.92 Å². The first-order valence-corrected chi connectivity index (χ1v) is 14.8. The van der Waals surface area contributed by atoms with E-state index in [1.54, 1.807) is 4.68 Å². The van der Waals surface area contributed by atoms with E-state index in [2.05, 4.69) is 40.0 Å². The number of hydrogen-bond donors (Lipinski definition) is 2. The predicted molar refractivity (Wildman–Crippen MR) is 166 cm³/mol. The first kappa shape index (κ1) is 27.7. The van der Waals surface area contributed by atoms with Crippen molar-refractivity contribution in [1.29, 1.82) is 0 Å². The molecule has 42 heavy (non-hydrogen) atoms. The molecule has 2 N–H and O–H groups in total. The third-order valence-electron chi connectivity index (χ3n) is 8.52. The van der Waals surface area contributed by atoms with E-state index < -0.39 is 0 Å². The van der Waals surface area contributed by atoms with E-state index in [0.717, 1.165) is 66.4 Å². The number of para-hydroxylation sites is 2.